The maximum absolute atomic E-state index is 12.9. The maximum atomic E-state index is 12.9. The Morgan fingerprint density at radius 1 is 1.14 bits per heavy atom. The maximum Gasteiger partial charge on any atom is 0.416 e. The summed E-state index contributed by atoms with van der Waals surface area (Å²) in [6.07, 6.45) is -4.41. The lowest BCUT2D eigenvalue weighted by molar-refractivity contribution is -0.137. The molecule has 158 valence electrons. The molecule has 1 saturated heterocycles. The average molecular weight is 448 g/mol. The van der Waals surface area contributed by atoms with Crippen LogP contribution in [-0.4, -0.2) is 63.3 Å². The van der Waals surface area contributed by atoms with Crippen molar-refractivity contribution in [2.45, 2.75) is 10.4 Å². The van der Waals surface area contributed by atoms with Crippen molar-refractivity contribution in [3.8, 4) is 0 Å². The third-order valence-electron chi connectivity index (χ3n) is 4.69. The molecule has 0 aliphatic carbocycles. The summed E-state index contributed by atoms with van der Waals surface area (Å²) in [7, 11) is -2.36. The predicted octanol–water partition coefficient (Wildman–Crippen LogP) is 2.74. The van der Waals surface area contributed by atoms with E-state index < -0.39 is 21.8 Å². The van der Waals surface area contributed by atoms with Gasteiger partial charge in [0, 0.05) is 38.9 Å². The van der Waals surface area contributed by atoms with E-state index in [1.807, 2.05) is 0 Å². The highest BCUT2D eigenvalue weighted by atomic mass is 32.2. The van der Waals surface area contributed by atoms with Gasteiger partial charge >= 0.3 is 6.18 Å². The number of likely N-dealkylation sites (N-methyl/N-ethyl adjacent to an activating group) is 1. The molecule has 1 fully saturated rings. The quantitative estimate of drug-likeness (QED) is 0.707. The summed E-state index contributed by atoms with van der Waals surface area (Å²) >= 11 is 1.08. The van der Waals surface area contributed by atoms with E-state index in [4.69, 9.17) is 0 Å². The normalized spacial score (nSPS) is 15.8. The molecule has 1 aliphatic heterocycles. The van der Waals surface area contributed by atoms with Crippen molar-refractivity contribution in [1.29, 1.82) is 0 Å². The molecule has 6 nitrogen and oxygen atoms in total. The summed E-state index contributed by atoms with van der Waals surface area (Å²) in [5, 5.41) is 1.65. The fourth-order valence-electron chi connectivity index (χ4n) is 3.03. The number of benzene rings is 1. The van der Waals surface area contributed by atoms with Crippen LogP contribution in [0.3, 0.4) is 0 Å². The fraction of sp³-hybridized carbons (Fsp3) is 0.389. The number of rotatable bonds is 5. The van der Waals surface area contributed by atoms with Crippen LogP contribution in [0.1, 0.15) is 5.56 Å². The number of hydrogen-bond acceptors (Lipinski definition) is 5. The van der Waals surface area contributed by atoms with E-state index >= 15 is 0 Å². The van der Waals surface area contributed by atoms with E-state index in [-0.39, 0.29) is 16.7 Å². The van der Waals surface area contributed by atoms with Crippen LogP contribution in [0.5, 0.6) is 0 Å². The van der Waals surface area contributed by atoms with Crippen LogP contribution in [0.15, 0.2) is 46.0 Å². The van der Waals surface area contributed by atoms with Crippen molar-refractivity contribution < 1.29 is 26.4 Å². The summed E-state index contributed by atoms with van der Waals surface area (Å²) in [5.41, 5.74) is -0.266. The Labute approximate surface area is 171 Å². The van der Waals surface area contributed by atoms with Crippen LogP contribution in [0.2, 0.25) is 0 Å². The van der Waals surface area contributed by atoms with Crippen molar-refractivity contribution >= 4 is 33.0 Å². The molecule has 0 atom stereocenters. The molecule has 1 aromatic heterocycles. The molecular weight excluding hydrogens is 427 g/mol. The first-order valence-corrected chi connectivity index (χ1v) is 11.1. The zero-order valence-electron chi connectivity index (χ0n) is 15.6. The molecule has 0 bridgehead atoms. The van der Waals surface area contributed by atoms with Gasteiger partial charge in [0.25, 0.3) is 10.0 Å². The molecule has 1 aromatic carbocycles. The predicted molar refractivity (Wildman–Crippen MR) is 104 cm³/mol. The van der Waals surface area contributed by atoms with Gasteiger partial charge in [0.2, 0.25) is 5.91 Å². The van der Waals surface area contributed by atoms with E-state index in [1.54, 1.807) is 22.4 Å². The first kappa shape index (κ1) is 21.6. The topological polar surface area (TPSA) is 60.9 Å². The molecule has 0 radical (unpaired) electrons. The number of halogens is 3. The van der Waals surface area contributed by atoms with E-state index in [9.17, 15) is 26.4 Å². The van der Waals surface area contributed by atoms with E-state index in [0.29, 0.717) is 31.9 Å². The van der Waals surface area contributed by atoms with Gasteiger partial charge in [0.1, 0.15) is 4.21 Å². The monoisotopic (exact) mass is 447 g/mol. The van der Waals surface area contributed by atoms with Crippen LogP contribution in [-0.2, 0) is 21.0 Å². The van der Waals surface area contributed by atoms with Gasteiger partial charge in [0.15, 0.2) is 0 Å². The first-order chi connectivity index (χ1) is 13.6. The van der Waals surface area contributed by atoms with Crippen molar-refractivity contribution in [1.82, 2.24) is 9.21 Å². The highest BCUT2D eigenvalue weighted by Crippen LogP contribution is 2.32. The molecule has 11 heteroatoms. The second kappa shape index (κ2) is 8.33. The Bertz CT molecular complexity index is 954. The van der Waals surface area contributed by atoms with E-state index in [0.717, 1.165) is 27.8 Å². The van der Waals surface area contributed by atoms with Crippen molar-refractivity contribution in [3.63, 3.8) is 0 Å². The standard InChI is InChI=1S/C18H20F3N3O3S2/c1-22(29(26,27)17-6-3-11-28-17)13-16(25)24-9-7-23(8-10-24)15-5-2-4-14(12-15)18(19,20)21/h2-6,11-12H,7-10,13H2,1H3. The lowest BCUT2D eigenvalue weighted by Crippen LogP contribution is -2.51. The second-order valence-electron chi connectivity index (χ2n) is 6.61. The van der Waals surface area contributed by atoms with Gasteiger partial charge in [-0.25, -0.2) is 8.42 Å². The Morgan fingerprint density at radius 3 is 2.41 bits per heavy atom. The van der Waals surface area contributed by atoms with Crippen LogP contribution < -0.4 is 4.90 Å². The summed E-state index contributed by atoms with van der Waals surface area (Å²) in [6.45, 7) is 1.07. The summed E-state index contributed by atoms with van der Waals surface area (Å²) in [5.74, 6) is -0.337. The molecule has 1 amide bonds. The molecule has 0 unspecified atom stereocenters. The lowest BCUT2D eigenvalue weighted by atomic mass is 10.1. The molecule has 29 heavy (non-hydrogen) atoms. The van der Waals surface area contributed by atoms with Gasteiger partial charge < -0.3 is 9.80 Å². The number of sulfonamides is 1. The van der Waals surface area contributed by atoms with Gasteiger partial charge in [-0.15, -0.1) is 11.3 Å². The Balaban J connectivity index is 1.59. The minimum absolute atomic E-state index is 0.169. The first-order valence-electron chi connectivity index (χ1n) is 8.79. The SMILES string of the molecule is CN(CC(=O)N1CCN(c2cccc(C(F)(F)F)c2)CC1)S(=O)(=O)c1cccs1. The highest BCUT2D eigenvalue weighted by Gasteiger charge is 2.32. The lowest BCUT2D eigenvalue weighted by Gasteiger charge is -2.36. The smallest absolute Gasteiger partial charge is 0.368 e. The molecule has 2 aromatic rings. The minimum atomic E-state index is -4.41. The Hall–Kier alpha value is -2.11. The van der Waals surface area contributed by atoms with Gasteiger partial charge in [-0.2, -0.15) is 17.5 Å². The number of anilines is 1. The summed E-state index contributed by atoms with van der Waals surface area (Å²) in [4.78, 5) is 15.8. The molecule has 0 spiro atoms. The number of nitrogens with zero attached hydrogens (tertiary/aromatic N) is 3. The van der Waals surface area contributed by atoms with Crippen molar-refractivity contribution in [2.75, 3.05) is 44.7 Å². The molecular formula is C18H20F3N3O3S2. The third-order valence-corrected chi connectivity index (χ3v) is 7.86. The third kappa shape index (κ3) is 4.90. The molecule has 2 heterocycles. The number of carbonyl (C=O) groups excluding carboxylic acids is 1. The van der Waals surface area contributed by atoms with Crippen LogP contribution in [0.4, 0.5) is 18.9 Å². The van der Waals surface area contributed by atoms with Crippen molar-refractivity contribution in [2.24, 2.45) is 0 Å². The number of alkyl halides is 3. The Morgan fingerprint density at radius 2 is 1.83 bits per heavy atom. The van der Waals surface area contributed by atoms with Crippen LogP contribution in [0.25, 0.3) is 0 Å². The largest absolute Gasteiger partial charge is 0.416 e. The number of piperazine rings is 1. The van der Waals surface area contributed by atoms with Crippen LogP contribution >= 0.6 is 11.3 Å². The van der Waals surface area contributed by atoms with Gasteiger partial charge in [-0.05, 0) is 29.6 Å². The van der Waals surface area contributed by atoms with E-state index in [1.165, 1.54) is 24.1 Å². The molecule has 0 saturated carbocycles. The van der Waals surface area contributed by atoms with Gasteiger partial charge in [-0.3, -0.25) is 4.79 Å². The number of amides is 1. The minimum Gasteiger partial charge on any atom is -0.368 e. The second-order valence-corrected chi connectivity index (χ2v) is 9.83. The molecule has 3 rings (SSSR count). The summed E-state index contributed by atoms with van der Waals surface area (Å²) in [6, 6.07) is 8.19. The summed E-state index contributed by atoms with van der Waals surface area (Å²) < 4.78 is 64.7. The number of thiophene rings is 1. The zero-order valence-corrected chi connectivity index (χ0v) is 17.2. The fourth-order valence-corrected chi connectivity index (χ4v) is 5.35. The van der Waals surface area contributed by atoms with Gasteiger partial charge in [-0.1, -0.05) is 12.1 Å². The van der Waals surface area contributed by atoms with E-state index in [2.05, 4.69) is 0 Å². The van der Waals surface area contributed by atoms with Crippen LogP contribution in [0, 0.1) is 0 Å². The molecule has 1 aliphatic rings. The highest BCUT2D eigenvalue weighted by molar-refractivity contribution is 7.91. The van der Waals surface area contributed by atoms with Gasteiger partial charge in [0.05, 0.1) is 12.1 Å². The van der Waals surface area contributed by atoms with Crippen molar-refractivity contribution in [3.05, 3.63) is 47.3 Å². The Kier molecular flexibility index (Phi) is 6.20. The average Bonchev–Trinajstić information content (AvgIpc) is 3.23. The number of hydrogen-bond donors (Lipinski definition) is 0. The molecule has 0 N–H and O–H groups in total. The zero-order chi connectivity index (χ0) is 21.2. The number of carbonyl (C=O) groups is 1.